The maximum absolute atomic E-state index is 13.3. The van der Waals surface area contributed by atoms with Crippen molar-refractivity contribution in [1.29, 1.82) is 0 Å². The number of carboxylic acid groups (broad SMARTS) is 1. The second-order valence-corrected chi connectivity index (χ2v) is 10.8. The van der Waals surface area contributed by atoms with Crippen LogP contribution >= 0.6 is 23.1 Å². The first-order valence-electron chi connectivity index (χ1n) is 12.4. The number of carbonyl (C=O) groups is 3. The lowest BCUT2D eigenvalue weighted by molar-refractivity contribution is -0.112. The number of nitrogens with one attached hydrogen (secondary N) is 1. The maximum atomic E-state index is 13.3. The Hall–Kier alpha value is -3.70. The number of unbranched alkanes of at least 4 members (excludes halogenated alkanes) is 2. The average molecular weight is 552 g/mol. The van der Waals surface area contributed by atoms with Gasteiger partial charge >= 0.3 is 5.97 Å². The molecule has 0 fully saturated rings. The zero-order valence-electron chi connectivity index (χ0n) is 21.0. The van der Waals surface area contributed by atoms with Crippen LogP contribution in [0.5, 0.6) is 0 Å². The van der Waals surface area contributed by atoms with Crippen molar-refractivity contribution < 1.29 is 19.5 Å². The number of rotatable bonds is 12. The topological polar surface area (TPSA) is 138 Å². The van der Waals surface area contributed by atoms with Gasteiger partial charge in [0, 0.05) is 22.4 Å². The zero-order valence-corrected chi connectivity index (χ0v) is 22.6. The van der Waals surface area contributed by atoms with Crippen LogP contribution in [0.4, 0.5) is 10.8 Å². The molecule has 11 heteroatoms. The van der Waals surface area contributed by atoms with Crippen molar-refractivity contribution >= 4 is 57.4 Å². The molecule has 4 rings (SSSR count). The van der Waals surface area contributed by atoms with Gasteiger partial charge < -0.3 is 15.7 Å². The largest absolute Gasteiger partial charge is 0.478 e. The molecular formula is C27H29N5O4S2. The van der Waals surface area contributed by atoms with E-state index < -0.39 is 11.9 Å². The van der Waals surface area contributed by atoms with Crippen molar-refractivity contribution in [2.75, 3.05) is 22.9 Å². The van der Waals surface area contributed by atoms with Crippen molar-refractivity contribution in [2.45, 2.75) is 43.9 Å². The molecule has 0 aliphatic carbocycles. The molecule has 0 spiro atoms. The highest BCUT2D eigenvalue weighted by molar-refractivity contribution is 7.99. The number of thiazole rings is 1. The third kappa shape index (κ3) is 6.59. The quantitative estimate of drug-likeness (QED) is 0.167. The van der Waals surface area contributed by atoms with Gasteiger partial charge in [0.1, 0.15) is 5.69 Å². The van der Waals surface area contributed by atoms with Crippen LogP contribution in [0.15, 0.2) is 57.8 Å². The first-order chi connectivity index (χ1) is 18.4. The molecule has 2 heterocycles. The molecule has 0 unspecified atom stereocenters. The number of hydrogen-bond acceptors (Lipinski definition) is 8. The van der Waals surface area contributed by atoms with Gasteiger partial charge in [-0.05, 0) is 60.9 Å². The molecule has 198 valence electrons. The number of carbonyl (C=O) groups excluding carboxylic acids is 2. The van der Waals surface area contributed by atoms with Gasteiger partial charge in [-0.15, -0.1) is 23.1 Å². The number of nitrogens with zero attached hydrogens (tertiary/aromatic N) is 3. The Kier molecular flexibility index (Phi) is 9.14. The predicted octanol–water partition coefficient (Wildman–Crippen LogP) is 4.82. The summed E-state index contributed by atoms with van der Waals surface area (Å²) in [5.41, 5.74) is 11.3. The number of nitrogens with two attached hydrogens (primary N) is 1. The molecule has 3 aromatic rings. The molecule has 0 saturated carbocycles. The Morgan fingerprint density at radius 1 is 1.16 bits per heavy atom. The predicted molar refractivity (Wildman–Crippen MR) is 151 cm³/mol. The third-order valence-electron chi connectivity index (χ3n) is 6.05. The molecule has 1 aliphatic heterocycles. The van der Waals surface area contributed by atoms with E-state index in [0.717, 1.165) is 65.3 Å². The SMILES string of the molecule is CCCCCN1C(=O)C(=NNC(=O)c2csc(N)n2)c2cc(SCCCc3ccc(C(=O)O)cc3)ccc21. The van der Waals surface area contributed by atoms with Gasteiger partial charge in [-0.25, -0.2) is 15.2 Å². The van der Waals surface area contributed by atoms with Crippen LogP contribution in [0, 0.1) is 0 Å². The fraction of sp³-hybridized carbons (Fsp3) is 0.296. The van der Waals surface area contributed by atoms with Crippen LogP contribution in [0.1, 0.15) is 64.6 Å². The van der Waals surface area contributed by atoms with Gasteiger partial charge in [-0.1, -0.05) is 31.9 Å². The maximum Gasteiger partial charge on any atom is 0.335 e. The number of benzene rings is 2. The lowest BCUT2D eigenvalue weighted by Gasteiger charge is -2.16. The van der Waals surface area contributed by atoms with Crippen molar-refractivity contribution in [3.63, 3.8) is 0 Å². The van der Waals surface area contributed by atoms with Gasteiger partial charge in [0.05, 0.1) is 11.3 Å². The number of fused-ring (bicyclic) bond motifs is 1. The van der Waals surface area contributed by atoms with Gasteiger partial charge in [-0.3, -0.25) is 9.59 Å². The van der Waals surface area contributed by atoms with E-state index in [0.29, 0.717) is 12.1 Å². The minimum atomic E-state index is -0.929. The van der Waals surface area contributed by atoms with Crippen molar-refractivity contribution in [3.8, 4) is 0 Å². The van der Waals surface area contributed by atoms with E-state index in [2.05, 4.69) is 22.4 Å². The normalized spacial score (nSPS) is 13.7. The molecule has 0 radical (unpaired) electrons. The fourth-order valence-corrected chi connectivity index (χ4v) is 5.50. The van der Waals surface area contributed by atoms with Gasteiger partial charge in [0.25, 0.3) is 11.8 Å². The van der Waals surface area contributed by atoms with Gasteiger partial charge in [0.15, 0.2) is 10.8 Å². The Morgan fingerprint density at radius 3 is 2.63 bits per heavy atom. The summed E-state index contributed by atoms with van der Waals surface area (Å²) in [6.45, 7) is 2.70. The van der Waals surface area contributed by atoms with Crippen molar-refractivity contribution in [1.82, 2.24) is 10.4 Å². The summed E-state index contributed by atoms with van der Waals surface area (Å²) in [7, 11) is 0. The lowest BCUT2D eigenvalue weighted by Crippen LogP contribution is -2.32. The lowest BCUT2D eigenvalue weighted by atomic mass is 10.1. The summed E-state index contributed by atoms with van der Waals surface area (Å²) in [5.74, 6) is -0.837. The molecular weight excluding hydrogens is 522 g/mol. The monoisotopic (exact) mass is 551 g/mol. The summed E-state index contributed by atoms with van der Waals surface area (Å²) < 4.78 is 0. The van der Waals surface area contributed by atoms with E-state index in [1.54, 1.807) is 34.2 Å². The summed E-state index contributed by atoms with van der Waals surface area (Å²) in [5, 5.41) is 15.1. The van der Waals surface area contributed by atoms with Crippen LogP contribution in [0.2, 0.25) is 0 Å². The summed E-state index contributed by atoms with van der Waals surface area (Å²) in [6, 6.07) is 12.8. The molecule has 2 aromatic carbocycles. The van der Waals surface area contributed by atoms with E-state index in [1.807, 2.05) is 30.3 Å². The molecule has 9 nitrogen and oxygen atoms in total. The molecule has 2 amide bonds. The van der Waals surface area contributed by atoms with E-state index >= 15 is 0 Å². The number of carboxylic acids is 1. The Balaban J connectivity index is 1.45. The van der Waals surface area contributed by atoms with Crippen LogP contribution < -0.4 is 16.1 Å². The van der Waals surface area contributed by atoms with Gasteiger partial charge in [0.2, 0.25) is 0 Å². The number of aryl methyl sites for hydroxylation is 1. The third-order valence-corrected chi connectivity index (χ3v) is 7.80. The zero-order chi connectivity index (χ0) is 27.1. The fourth-order valence-electron chi connectivity index (χ4n) is 4.07. The molecule has 0 saturated heterocycles. The number of amides is 2. The summed E-state index contributed by atoms with van der Waals surface area (Å²) in [6.07, 6.45) is 4.68. The second kappa shape index (κ2) is 12.7. The van der Waals surface area contributed by atoms with E-state index in [-0.39, 0.29) is 28.0 Å². The number of hydrogen-bond donors (Lipinski definition) is 3. The number of hydrazone groups is 1. The van der Waals surface area contributed by atoms with Crippen LogP contribution in [0.3, 0.4) is 0 Å². The summed E-state index contributed by atoms with van der Waals surface area (Å²) in [4.78, 5) is 43.4. The van der Waals surface area contributed by atoms with E-state index in [9.17, 15) is 14.4 Å². The number of anilines is 2. The van der Waals surface area contributed by atoms with E-state index in [1.165, 1.54) is 0 Å². The molecule has 0 atom stereocenters. The number of aromatic carboxylic acids is 1. The average Bonchev–Trinajstić information content (AvgIpc) is 3.46. The molecule has 4 N–H and O–H groups in total. The van der Waals surface area contributed by atoms with Crippen LogP contribution in [0.25, 0.3) is 0 Å². The first-order valence-corrected chi connectivity index (χ1v) is 14.2. The van der Waals surface area contributed by atoms with E-state index in [4.69, 9.17) is 10.8 Å². The Labute approximate surface area is 229 Å². The Bertz CT molecular complexity index is 1350. The summed E-state index contributed by atoms with van der Waals surface area (Å²) >= 11 is 2.83. The molecule has 1 aromatic heterocycles. The second-order valence-electron chi connectivity index (χ2n) is 8.77. The Morgan fingerprint density at radius 2 is 1.95 bits per heavy atom. The van der Waals surface area contributed by atoms with Gasteiger partial charge in [-0.2, -0.15) is 5.10 Å². The molecule has 0 bridgehead atoms. The number of aromatic nitrogens is 1. The molecule has 38 heavy (non-hydrogen) atoms. The highest BCUT2D eigenvalue weighted by atomic mass is 32.2. The van der Waals surface area contributed by atoms with Crippen LogP contribution in [-0.4, -0.2) is 45.9 Å². The van der Waals surface area contributed by atoms with Crippen LogP contribution in [-0.2, 0) is 11.2 Å². The van der Waals surface area contributed by atoms with Crippen molar-refractivity contribution in [2.24, 2.45) is 5.10 Å². The molecule has 1 aliphatic rings. The van der Waals surface area contributed by atoms with Crippen molar-refractivity contribution in [3.05, 3.63) is 70.2 Å². The minimum absolute atomic E-state index is 0.157. The standard InChI is InChI=1S/C27H29N5O4S2/c1-2-3-4-13-32-22-12-11-19(37-14-5-6-17-7-9-18(10-8-17)26(35)36)15-20(22)23(25(32)34)30-31-24(33)21-16-38-27(28)29-21/h7-12,15-16H,2-6,13-14H2,1H3,(H2,28,29)(H,31,33)(H,35,36). The number of nitrogen functional groups attached to an aromatic ring is 1. The minimum Gasteiger partial charge on any atom is -0.478 e. The smallest absolute Gasteiger partial charge is 0.335 e. The first kappa shape index (κ1) is 27.3. The highest BCUT2D eigenvalue weighted by Gasteiger charge is 2.34. The number of thioether (sulfide) groups is 1. The highest BCUT2D eigenvalue weighted by Crippen LogP contribution is 2.34.